The molecule has 1 aliphatic rings. The predicted octanol–water partition coefficient (Wildman–Crippen LogP) is 9.97. The first-order valence-electron chi connectivity index (χ1n) is 24.9. The Labute approximate surface area is 381 Å². The van der Waals surface area contributed by atoms with Crippen LogP contribution in [-0.4, -0.2) is 99.3 Å². The number of phosphoric ester groups is 1. The summed E-state index contributed by atoms with van der Waals surface area (Å²) in [6.07, 6.45) is 31.3. The van der Waals surface area contributed by atoms with Crippen molar-refractivity contribution in [2.24, 2.45) is 17.8 Å². The fourth-order valence-electron chi connectivity index (χ4n) is 7.95. The minimum atomic E-state index is -4.71. The molecular formula is C49H91O13P. The smallest absolute Gasteiger partial charge is 0.462 e. The quantitative estimate of drug-likeness (QED) is 0.0146. The van der Waals surface area contributed by atoms with Crippen molar-refractivity contribution in [2.75, 3.05) is 26.4 Å². The van der Waals surface area contributed by atoms with E-state index in [9.17, 15) is 39.5 Å². The fourth-order valence-corrected chi connectivity index (χ4v) is 8.74. The summed E-state index contributed by atoms with van der Waals surface area (Å²) in [5.74, 6) is -1.01. The van der Waals surface area contributed by atoms with Gasteiger partial charge in [-0.15, -0.1) is 0 Å². The zero-order valence-electron chi connectivity index (χ0n) is 39.5. The molecule has 1 rings (SSSR count). The average Bonchev–Trinajstić information content (AvgIpc) is 3.53. The van der Waals surface area contributed by atoms with Crippen molar-refractivity contribution in [2.45, 2.75) is 231 Å². The Bertz CT molecular complexity index is 1230. The van der Waals surface area contributed by atoms with Gasteiger partial charge in [-0.25, -0.2) is 4.57 Å². The van der Waals surface area contributed by atoms with Gasteiger partial charge < -0.3 is 39.9 Å². The second kappa shape index (κ2) is 38.4. The molecule has 1 aliphatic carbocycles. The van der Waals surface area contributed by atoms with Crippen molar-refractivity contribution in [3.05, 3.63) is 24.3 Å². The lowest BCUT2D eigenvalue weighted by atomic mass is 9.89. The molecule has 9 atom stereocenters. The van der Waals surface area contributed by atoms with Gasteiger partial charge in [0.15, 0.2) is 6.10 Å². The molecule has 0 aromatic carbocycles. The first kappa shape index (κ1) is 59.3. The van der Waals surface area contributed by atoms with E-state index in [-0.39, 0.29) is 31.1 Å². The number of unbranched alkanes of at least 4 members (excludes halogenated alkanes) is 19. The Morgan fingerprint density at radius 1 is 0.698 bits per heavy atom. The van der Waals surface area contributed by atoms with Gasteiger partial charge >= 0.3 is 19.8 Å². The monoisotopic (exact) mass is 919 g/mol. The molecule has 0 aromatic heterocycles. The lowest BCUT2D eigenvalue weighted by Crippen LogP contribution is -2.29. The summed E-state index contributed by atoms with van der Waals surface area (Å²) in [6, 6.07) is 0. The number of ether oxygens (including phenoxy) is 2. The number of hydrogen-bond acceptors (Lipinski definition) is 12. The number of carbonyl (C=O) groups is 2. The third-order valence-electron chi connectivity index (χ3n) is 12.3. The minimum absolute atomic E-state index is 0.180. The van der Waals surface area contributed by atoms with Crippen LogP contribution in [0.3, 0.4) is 0 Å². The molecule has 6 N–H and O–H groups in total. The summed E-state index contributed by atoms with van der Waals surface area (Å²) >= 11 is 0. The van der Waals surface area contributed by atoms with Gasteiger partial charge in [0.1, 0.15) is 12.7 Å². The van der Waals surface area contributed by atoms with Gasteiger partial charge in [0.05, 0.1) is 44.6 Å². The highest BCUT2D eigenvalue weighted by Crippen LogP contribution is 2.43. The number of hydrogen-bond donors (Lipinski definition) is 6. The van der Waals surface area contributed by atoms with Gasteiger partial charge in [-0.05, 0) is 31.1 Å². The first-order chi connectivity index (χ1) is 30.3. The van der Waals surface area contributed by atoms with E-state index in [4.69, 9.17) is 19.1 Å². The molecule has 0 radical (unpaired) electrons. The number of esters is 2. The Hall–Kier alpha value is -1.67. The summed E-state index contributed by atoms with van der Waals surface area (Å²) in [5.41, 5.74) is 0. The maximum Gasteiger partial charge on any atom is 0.472 e. The van der Waals surface area contributed by atoms with E-state index in [1.807, 2.05) is 0 Å². The van der Waals surface area contributed by atoms with E-state index >= 15 is 0 Å². The van der Waals surface area contributed by atoms with Crippen LogP contribution < -0.4 is 0 Å². The van der Waals surface area contributed by atoms with E-state index < -0.39 is 76.7 Å². The Morgan fingerprint density at radius 3 is 1.79 bits per heavy atom. The highest BCUT2D eigenvalue weighted by atomic mass is 31.2. The van der Waals surface area contributed by atoms with Gasteiger partial charge in [0.2, 0.25) is 0 Å². The number of aliphatic hydroxyl groups excluding tert-OH is 5. The molecule has 13 nitrogen and oxygen atoms in total. The van der Waals surface area contributed by atoms with Crippen LogP contribution in [-0.2, 0) is 32.7 Å². The molecule has 14 heteroatoms. The third-order valence-corrected chi connectivity index (χ3v) is 13.2. The largest absolute Gasteiger partial charge is 0.472 e. The average molecular weight is 919 g/mol. The van der Waals surface area contributed by atoms with E-state index in [1.165, 1.54) is 103 Å². The number of phosphoric acid groups is 1. The minimum Gasteiger partial charge on any atom is -0.462 e. The van der Waals surface area contributed by atoms with Crippen LogP contribution in [0.2, 0.25) is 0 Å². The third kappa shape index (κ3) is 32.6. The maximum atomic E-state index is 12.8. The van der Waals surface area contributed by atoms with Crippen molar-refractivity contribution in [1.29, 1.82) is 0 Å². The van der Waals surface area contributed by atoms with E-state index in [1.54, 1.807) is 24.3 Å². The summed E-state index contributed by atoms with van der Waals surface area (Å²) in [6.45, 7) is 4.31. The first-order valence-corrected chi connectivity index (χ1v) is 26.4. The standard InChI is InChI=1S/C49H91O13P/c1-4-6-23-29-41(51)33-34-45-44(46(53)35-47(45)54)30-26-27-32-49(56)62-43(39-61-63(57,58)60-37-42(52)36-50)38-59-48(55)31-25-22-20-18-16-14-12-10-8-7-9-11-13-15-17-19-21-24-28-40(3)5-2/h26-27,33-34,40-47,50-54H,4-25,28-32,35-39H2,1-3H3,(H,57,58)/b27-26-,34-33+/t40?,41-,42+,43-,44+,45-,46+,47-/m1/s1. The lowest BCUT2D eigenvalue weighted by molar-refractivity contribution is -0.160. The highest BCUT2D eigenvalue weighted by molar-refractivity contribution is 7.47. The second-order valence-corrected chi connectivity index (χ2v) is 19.5. The van der Waals surface area contributed by atoms with Crippen LogP contribution in [0.25, 0.3) is 0 Å². The topological polar surface area (TPSA) is 210 Å². The second-order valence-electron chi connectivity index (χ2n) is 18.1. The van der Waals surface area contributed by atoms with Crippen molar-refractivity contribution in [1.82, 2.24) is 0 Å². The summed E-state index contributed by atoms with van der Waals surface area (Å²) in [7, 11) is -4.71. The van der Waals surface area contributed by atoms with Crippen LogP contribution in [0.4, 0.5) is 0 Å². The van der Waals surface area contributed by atoms with Crippen molar-refractivity contribution in [3.63, 3.8) is 0 Å². The van der Waals surface area contributed by atoms with E-state index in [0.29, 0.717) is 19.3 Å². The van der Waals surface area contributed by atoms with Gasteiger partial charge in [0.25, 0.3) is 0 Å². The fraction of sp³-hybridized carbons (Fsp3) is 0.878. The Kier molecular flexibility index (Phi) is 36.2. The number of carbonyl (C=O) groups excluding carboxylic acids is 2. The zero-order valence-corrected chi connectivity index (χ0v) is 40.4. The van der Waals surface area contributed by atoms with Gasteiger partial charge in [0, 0.05) is 18.8 Å². The SMILES string of the molecule is CCCCC[C@@H](O)/C=C/[C@@H]1[C@H](C/C=C\CC(=O)O[C@H](COC(=O)CCCCCCCCCCCCCCCCCCCCC(C)CC)COP(=O)(O)OC[C@@H](O)CO)[C@@H](O)C[C@H]1O. The number of rotatable bonds is 42. The highest BCUT2D eigenvalue weighted by Gasteiger charge is 2.39. The van der Waals surface area contributed by atoms with Crippen LogP contribution in [0, 0.1) is 17.8 Å². The van der Waals surface area contributed by atoms with Crippen molar-refractivity contribution in [3.8, 4) is 0 Å². The molecular weight excluding hydrogens is 828 g/mol. The van der Waals surface area contributed by atoms with E-state index in [0.717, 1.165) is 44.4 Å². The Balaban J connectivity index is 2.38. The summed E-state index contributed by atoms with van der Waals surface area (Å²) < 4.78 is 32.8. The van der Waals surface area contributed by atoms with Crippen LogP contribution in [0.5, 0.6) is 0 Å². The Morgan fingerprint density at radius 2 is 1.24 bits per heavy atom. The lowest BCUT2D eigenvalue weighted by Gasteiger charge is -2.20. The van der Waals surface area contributed by atoms with Gasteiger partial charge in [-0.2, -0.15) is 0 Å². The normalized spacial score (nSPS) is 20.8. The van der Waals surface area contributed by atoms with Gasteiger partial charge in [-0.3, -0.25) is 18.6 Å². The molecule has 1 fully saturated rings. The molecule has 0 bridgehead atoms. The number of allylic oxidation sites excluding steroid dienone is 1. The molecule has 1 saturated carbocycles. The van der Waals surface area contributed by atoms with Crippen LogP contribution >= 0.6 is 7.82 Å². The summed E-state index contributed by atoms with van der Waals surface area (Å²) in [4.78, 5) is 35.4. The molecule has 2 unspecified atom stereocenters. The molecule has 0 aromatic rings. The van der Waals surface area contributed by atoms with Crippen molar-refractivity contribution >= 4 is 19.8 Å². The number of aliphatic hydroxyl groups is 5. The molecule has 0 amide bonds. The molecule has 0 heterocycles. The molecule has 0 spiro atoms. The zero-order chi connectivity index (χ0) is 46.6. The van der Waals surface area contributed by atoms with E-state index in [2.05, 4.69) is 25.3 Å². The molecule has 0 aliphatic heterocycles. The molecule has 0 saturated heterocycles. The maximum absolute atomic E-state index is 12.8. The molecule has 63 heavy (non-hydrogen) atoms. The van der Waals surface area contributed by atoms with Crippen LogP contribution in [0.15, 0.2) is 24.3 Å². The van der Waals surface area contributed by atoms with Crippen LogP contribution in [0.1, 0.15) is 201 Å². The predicted molar refractivity (Wildman–Crippen MR) is 249 cm³/mol. The van der Waals surface area contributed by atoms with Crippen molar-refractivity contribution < 1.29 is 63.1 Å². The summed E-state index contributed by atoms with van der Waals surface area (Å²) in [5, 5.41) is 49.8. The molecule has 370 valence electrons. The van der Waals surface area contributed by atoms with Gasteiger partial charge in [-0.1, -0.05) is 186 Å².